The fraction of sp³-hybridized carbons (Fsp3) is 0.194. The summed E-state index contributed by atoms with van der Waals surface area (Å²) in [6.45, 7) is 1.13. The lowest BCUT2D eigenvalue weighted by molar-refractivity contribution is -0.385. The molecule has 3 aromatic rings. The number of esters is 1. The zero-order valence-corrected chi connectivity index (χ0v) is 23.7. The van der Waals surface area contributed by atoms with Crippen molar-refractivity contribution in [1.29, 1.82) is 0 Å². The van der Waals surface area contributed by atoms with Crippen molar-refractivity contribution in [2.45, 2.75) is 19.8 Å². The molecule has 0 aromatic heterocycles. The van der Waals surface area contributed by atoms with Crippen molar-refractivity contribution in [3.8, 4) is 5.75 Å². The second-order valence-electron chi connectivity index (χ2n) is 10.5. The topological polar surface area (TPSA) is 187 Å². The molecule has 45 heavy (non-hydrogen) atoms. The van der Waals surface area contributed by atoms with Crippen LogP contribution < -0.4 is 4.74 Å². The molecule has 0 saturated carbocycles. The molecule has 0 spiro atoms. The van der Waals surface area contributed by atoms with Crippen LogP contribution >= 0.6 is 0 Å². The highest BCUT2D eigenvalue weighted by Crippen LogP contribution is 2.38. The number of carbonyl (C=O) groups is 5. The lowest BCUT2D eigenvalue weighted by Crippen LogP contribution is -2.52. The van der Waals surface area contributed by atoms with E-state index in [1.807, 2.05) is 13.0 Å². The van der Waals surface area contributed by atoms with Crippen molar-refractivity contribution >= 4 is 40.8 Å². The van der Waals surface area contributed by atoms with Crippen molar-refractivity contribution in [2.24, 2.45) is 11.8 Å². The van der Waals surface area contributed by atoms with Gasteiger partial charge in [-0.25, -0.2) is 9.80 Å². The van der Waals surface area contributed by atoms with Gasteiger partial charge >= 0.3 is 5.97 Å². The molecule has 5 rings (SSSR count). The number of rotatable bonds is 9. The van der Waals surface area contributed by atoms with Gasteiger partial charge in [-0.05, 0) is 68.3 Å². The predicted octanol–water partition coefficient (Wildman–Crippen LogP) is 4.30. The van der Waals surface area contributed by atoms with Crippen molar-refractivity contribution in [3.63, 3.8) is 0 Å². The highest BCUT2D eigenvalue weighted by molar-refractivity contribution is 6.10. The van der Waals surface area contributed by atoms with Crippen LogP contribution in [0.1, 0.15) is 50.8 Å². The summed E-state index contributed by atoms with van der Waals surface area (Å²) >= 11 is 0. The van der Waals surface area contributed by atoms with E-state index in [0.29, 0.717) is 17.9 Å². The van der Waals surface area contributed by atoms with E-state index >= 15 is 0 Å². The van der Waals surface area contributed by atoms with Crippen molar-refractivity contribution in [1.82, 2.24) is 10.0 Å². The molecule has 2 atom stereocenters. The van der Waals surface area contributed by atoms with Crippen LogP contribution in [0.4, 0.5) is 11.4 Å². The number of ketones is 1. The molecule has 2 aliphatic rings. The molecular formula is C31H24N4O10. The summed E-state index contributed by atoms with van der Waals surface area (Å²) in [5.41, 5.74) is 0.514. The summed E-state index contributed by atoms with van der Waals surface area (Å²) in [4.78, 5) is 87.0. The molecule has 1 aliphatic carbocycles. The summed E-state index contributed by atoms with van der Waals surface area (Å²) in [5.74, 6) is -4.87. The maximum absolute atomic E-state index is 13.7. The predicted molar refractivity (Wildman–Crippen MR) is 155 cm³/mol. The first-order valence-corrected chi connectivity index (χ1v) is 13.6. The van der Waals surface area contributed by atoms with Crippen LogP contribution in [0.15, 0.2) is 84.4 Å². The minimum atomic E-state index is -0.878. The maximum atomic E-state index is 13.7. The number of non-ortho nitro benzene ring substituents is 2. The van der Waals surface area contributed by atoms with Crippen molar-refractivity contribution in [2.75, 3.05) is 6.54 Å². The number of amides is 3. The third-order valence-corrected chi connectivity index (χ3v) is 7.59. The SMILES string of the molecule is CC1=CC[C@H]2C(=O)N(N(CC(=O)c3ccc(OC(=O)c4ccc([N+](=O)[O-])cc4)cc3)C(=O)c3ccc([N+](=O)[O-])cc3)C(=O)[C@@H]2C1. The van der Waals surface area contributed by atoms with Crippen molar-refractivity contribution in [3.05, 3.63) is 121 Å². The number of benzene rings is 3. The summed E-state index contributed by atoms with van der Waals surface area (Å²) < 4.78 is 5.28. The third kappa shape index (κ3) is 6.20. The number of allylic oxidation sites excluding steroid dienone is 2. The normalized spacial score (nSPS) is 17.3. The number of nitro benzene ring substituents is 2. The molecule has 14 heteroatoms. The molecule has 1 fully saturated rings. The number of nitro groups is 2. The van der Waals surface area contributed by atoms with E-state index in [1.165, 1.54) is 48.5 Å². The number of imide groups is 1. The molecule has 1 aliphatic heterocycles. The Balaban J connectivity index is 1.36. The average molecular weight is 613 g/mol. The molecule has 14 nitrogen and oxygen atoms in total. The quantitative estimate of drug-likeness (QED) is 0.0641. The Morgan fingerprint density at radius 1 is 0.800 bits per heavy atom. The van der Waals surface area contributed by atoms with E-state index in [0.717, 1.165) is 34.8 Å². The molecule has 0 bridgehead atoms. The van der Waals surface area contributed by atoms with Crippen LogP contribution in [0.3, 0.4) is 0 Å². The Labute approximate surface area is 254 Å². The monoisotopic (exact) mass is 612 g/mol. The van der Waals surface area contributed by atoms with Gasteiger partial charge in [0, 0.05) is 35.4 Å². The smallest absolute Gasteiger partial charge is 0.343 e. The van der Waals surface area contributed by atoms with Crippen molar-refractivity contribution < 1.29 is 38.6 Å². The van der Waals surface area contributed by atoms with Gasteiger partial charge in [-0.3, -0.25) is 39.4 Å². The second-order valence-corrected chi connectivity index (χ2v) is 10.5. The lowest BCUT2D eigenvalue weighted by Gasteiger charge is -2.30. The van der Waals surface area contributed by atoms with Gasteiger partial charge in [0.2, 0.25) is 0 Å². The Kier molecular flexibility index (Phi) is 8.30. The van der Waals surface area contributed by atoms with Gasteiger partial charge < -0.3 is 4.74 Å². The Bertz CT molecular complexity index is 1770. The molecule has 0 radical (unpaired) electrons. The van der Waals surface area contributed by atoms with Gasteiger partial charge in [-0.2, -0.15) is 5.01 Å². The summed E-state index contributed by atoms with van der Waals surface area (Å²) in [5, 5.41) is 23.4. The first-order valence-electron chi connectivity index (χ1n) is 13.6. The molecular weight excluding hydrogens is 588 g/mol. The number of ether oxygens (including phenoxy) is 1. The molecule has 1 saturated heterocycles. The van der Waals surface area contributed by atoms with Crippen LogP contribution in [-0.2, 0) is 9.59 Å². The van der Waals surface area contributed by atoms with Gasteiger partial charge in [-0.1, -0.05) is 11.6 Å². The third-order valence-electron chi connectivity index (χ3n) is 7.59. The van der Waals surface area contributed by atoms with Crippen LogP contribution in [0.5, 0.6) is 5.75 Å². The Morgan fingerprint density at radius 2 is 1.31 bits per heavy atom. The first kappa shape index (κ1) is 30.4. The number of nitrogens with zero attached hydrogens (tertiary/aromatic N) is 4. The van der Waals surface area contributed by atoms with Gasteiger partial charge in [0.05, 0.1) is 27.2 Å². The van der Waals surface area contributed by atoms with Gasteiger partial charge in [0.15, 0.2) is 5.78 Å². The van der Waals surface area contributed by atoms with E-state index in [4.69, 9.17) is 4.74 Å². The molecule has 0 unspecified atom stereocenters. The van der Waals surface area contributed by atoms with E-state index in [9.17, 15) is 44.2 Å². The van der Waals surface area contributed by atoms with E-state index < -0.39 is 57.7 Å². The number of carbonyl (C=O) groups excluding carboxylic acids is 5. The van der Waals surface area contributed by atoms with Gasteiger partial charge in [0.25, 0.3) is 29.1 Å². The highest BCUT2D eigenvalue weighted by atomic mass is 16.6. The fourth-order valence-electron chi connectivity index (χ4n) is 5.19. The number of hydrazine groups is 1. The zero-order chi connectivity index (χ0) is 32.4. The molecule has 0 N–H and O–H groups in total. The Hall–Kier alpha value is -6.05. The Morgan fingerprint density at radius 3 is 1.87 bits per heavy atom. The fourth-order valence-corrected chi connectivity index (χ4v) is 5.19. The zero-order valence-electron chi connectivity index (χ0n) is 23.7. The van der Waals surface area contributed by atoms with Crippen LogP contribution in [0.2, 0.25) is 0 Å². The number of Topliss-reactive ketones (excluding diaryl/α,β-unsaturated/α-hetero) is 1. The van der Waals surface area contributed by atoms with Crippen LogP contribution in [0.25, 0.3) is 0 Å². The average Bonchev–Trinajstić information content (AvgIpc) is 3.27. The van der Waals surface area contributed by atoms with E-state index in [-0.39, 0.29) is 33.8 Å². The minimum absolute atomic E-state index is 0.0607. The molecule has 1 heterocycles. The number of fused-ring (bicyclic) bond motifs is 1. The van der Waals surface area contributed by atoms with Crippen LogP contribution in [-0.4, -0.2) is 55.9 Å². The first-order chi connectivity index (χ1) is 21.4. The molecule has 228 valence electrons. The summed E-state index contributed by atoms with van der Waals surface area (Å²) in [7, 11) is 0. The van der Waals surface area contributed by atoms with Gasteiger partial charge in [-0.15, -0.1) is 0 Å². The molecule has 3 amide bonds. The highest BCUT2D eigenvalue weighted by Gasteiger charge is 2.51. The maximum Gasteiger partial charge on any atom is 0.343 e. The van der Waals surface area contributed by atoms with E-state index in [2.05, 4.69) is 0 Å². The van der Waals surface area contributed by atoms with Gasteiger partial charge in [0.1, 0.15) is 12.3 Å². The van der Waals surface area contributed by atoms with Crippen LogP contribution in [0, 0.1) is 32.1 Å². The minimum Gasteiger partial charge on any atom is -0.423 e. The van der Waals surface area contributed by atoms with E-state index in [1.54, 1.807) is 0 Å². The summed E-state index contributed by atoms with van der Waals surface area (Å²) in [6, 6.07) is 14.7. The molecule has 3 aromatic carbocycles. The lowest BCUT2D eigenvalue weighted by atomic mass is 9.82. The second kappa shape index (κ2) is 12.3. The summed E-state index contributed by atoms with van der Waals surface area (Å²) in [6.07, 6.45) is 2.50. The number of hydrogen-bond acceptors (Lipinski definition) is 10. The number of hydrogen-bond donors (Lipinski definition) is 0. The largest absolute Gasteiger partial charge is 0.423 e. The standard InChI is InChI=1S/C31H24N4O10/c1-18-2-15-25-26(16-18)30(39)33(29(25)38)32(28(37)20-3-9-22(10-4-20)34(41)42)17-27(36)19-7-13-24(14-8-19)45-31(40)21-5-11-23(12-6-21)35(43)44/h2-14,25-26H,15-17H2,1H3/t25-,26-/m1/s1.